The molecule has 1 saturated heterocycles. The second-order valence-corrected chi connectivity index (χ2v) is 7.29. The summed E-state index contributed by atoms with van der Waals surface area (Å²) in [6.45, 7) is 1.39. The number of carbonyl (C=O) groups is 2. The van der Waals surface area contributed by atoms with Gasteiger partial charge in [0.25, 0.3) is 5.91 Å². The van der Waals surface area contributed by atoms with Crippen LogP contribution >= 0.6 is 0 Å². The number of rotatable bonds is 5. The monoisotopic (exact) mass is 462 g/mol. The fraction of sp³-hybridized carbons (Fsp3) is 0.238. The van der Waals surface area contributed by atoms with Gasteiger partial charge < -0.3 is 15.5 Å². The predicted molar refractivity (Wildman–Crippen MR) is 109 cm³/mol. The van der Waals surface area contributed by atoms with Crippen LogP contribution in [0, 0.1) is 5.82 Å². The van der Waals surface area contributed by atoms with Crippen LogP contribution in [0.4, 0.5) is 23.2 Å². The average Bonchev–Trinajstić information content (AvgIpc) is 3.24. The van der Waals surface area contributed by atoms with Gasteiger partial charge in [-0.15, -0.1) is 5.10 Å². The quantitative estimate of drug-likeness (QED) is 0.568. The number of hydrogen-bond acceptors (Lipinski definition) is 5. The van der Waals surface area contributed by atoms with Crippen molar-refractivity contribution >= 4 is 17.5 Å². The summed E-state index contributed by atoms with van der Waals surface area (Å²) in [5.74, 6) is -1.75. The first-order valence-electron chi connectivity index (χ1n) is 9.90. The van der Waals surface area contributed by atoms with E-state index in [2.05, 4.69) is 20.9 Å². The number of nitrogens with zero attached hydrogens (tertiary/aromatic N) is 4. The van der Waals surface area contributed by atoms with Gasteiger partial charge in [0.1, 0.15) is 5.82 Å². The van der Waals surface area contributed by atoms with Crippen LogP contribution < -0.4 is 15.5 Å². The van der Waals surface area contributed by atoms with E-state index < -0.39 is 29.3 Å². The number of nitrogens with one attached hydrogen (secondary N) is 2. The molecule has 1 aliphatic heterocycles. The molecule has 8 nitrogen and oxygen atoms in total. The first-order chi connectivity index (χ1) is 15.7. The summed E-state index contributed by atoms with van der Waals surface area (Å²) in [5, 5.41) is 12.0. The lowest BCUT2D eigenvalue weighted by atomic mass is 10.1. The Balaban J connectivity index is 1.48. The second kappa shape index (κ2) is 8.88. The smallest absolute Gasteiger partial charge is 0.360 e. The molecular weight excluding hydrogens is 444 g/mol. The summed E-state index contributed by atoms with van der Waals surface area (Å²) in [6.07, 6.45) is -4.92. The molecular formula is C21H18F4N6O2. The van der Waals surface area contributed by atoms with Gasteiger partial charge in [-0.2, -0.15) is 13.2 Å². The maximum Gasteiger partial charge on any atom is 0.435 e. The number of piperazine rings is 1. The molecule has 2 amide bonds. The van der Waals surface area contributed by atoms with Gasteiger partial charge >= 0.3 is 6.18 Å². The molecule has 0 aliphatic carbocycles. The van der Waals surface area contributed by atoms with Crippen molar-refractivity contribution in [3.8, 4) is 5.69 Å². The molecule has 2 heterocycles. The van der Waals surface area contributed by atoms with Crippen LogP contribution in [0.3, 0.4) is 0 Å². The van der Waals surface area contributed by atoms with Crippen LogP contribution in [0.2, 0.25) is 0 Å². The highest BCUT2D eigenvalue weighted by Crippen LogP contribution is 2.32. The van der Waals surface area contributed by atoms with E-state index in [0.29, 0.717) is 23.3 Å². The fourth-order valence-electron chi connectivity index (χ4n) is 3.40. The minimum Gasteiger partial charge on any atom is -0.360 e. The molecule has 3 aromatic rings. The zero-order valence-electron chi connectivity index (χ0n) is 17.1. The Hall–Kier alpha value is -3.96. The first kappa shape index (κ1) is 22.2. The highest BCUT2D eigenvalue weighted by molar-refractivity contribution is 5.93. The Morgan fingerprint density at radius 1 is 1.06 bits per heavy atom. The van der Waals surface area contributed by atoms with E-state index in [4.69, 9.17) is 0 Å². The van der Waals surface area contributed by atoms with Gasteiger partial charge in [-0.25, -0.2) is 9.07 Å². The Morgan fingerprint density at radius 3 is 2.36 bits per heavy atom. The molecule has 0 spiro atoms. The first-order valence-corrected chi connectivity index (χ1v) is 9.90. The maximum atomic E-state index is 13.7. The zero-order valence-corrected chi connectivity index (χ0v) is 17.1. The fourth-order valence-corrected chi connectivity index (χ4v) is 3.40. The van der Waals surface area contributed by atoms with Crippen molar-refractivity contribution in [2.75, 3.05) is 24.5 Å². The molecule has 1 aromatic heterocycles. The van der Waals surface area contributed by atoms with Crippen molar-refractivity contribution in [3.63, 3.8) is 0 Å². The molecule has 0 radical (unpaired) electrons. The Kier molecular flexibility index (Phi) is 5.99. The SMILES string of the molecule is O=C1CN(c2ccc(CNC(=O)c3nnn(-c4ccc(F)cc4)c3C(F)(F)F)cc2)CCN1. The largest absolute Gasteiger partial charge is 0.435 e. The lowest BCUT2D eigenvalue weighted by molar-refractivity contribution is -0.143. The van der Waals surface area contributed by atoms with Crippen molar-refractivity contribution in [2.45, 2.75) is 12.7 Å². The summed E-state index contributed by atoms with van der Waals surface area (Å²) in [4.78, 5) is 25.9. The molecule has 1 fully saturated rings. The molecule has 12 heteroatoms. The second-order valence-electron chi connectivity index (χ2n) is 7.29. The molecule has 2 N–H and O–H groups in total. The van der Waals surface area contributed by atoms with Crippen LogP contribution in [0.15, 0.2) is 48.5 Å². The third-order valence-electron chi connectivity index (χ3n) is 5.02. The summed E-state index contributed by atoms with van der Waals surface area (Å²) < 4.78 is 54.7. The number of carbonyl (C=O) groups excluding carboxylic acids is 2. The van der Waals surface area contributed by atoms with Gasteiger partial charge in [0.15, 0.2) is 11.4 Å². The number of amides is 2. The zero-order chi connectivity index (χ0) is 23.6. The van der Waals surface area contributed by atoms with Crippen molar-refractivity contribution in [2.24, 2.45) is 0 Å². The van der Waals surface area contributed by atoms with Crippen molar-refractivity contribution in [1.82, 2.24) is 25.6 Å². The normalized spacial score (nSPS) is 14.2. The molecule has 2 aromatic carbocycles. The average molecular weight is 462 g/mol. The van der Waals surface area contributed by atoms with E-state index in [9.17, 15) is 27.2 Å². The molecule has 33 heavy (non-hydrogen) atoms. The van der Waals surface area contributed by atoms with Crippen LogP contribution in [-0.4, -0.2) is 46.4 Å². The molecule has 1 aliphatic rings. The van der Waals surface area contributed by atoms with Crippen LogP contribution in [0.1, 0.15) is 21.7 Å². The lowest BCUT2D eigenvalue weighted by Gasteiger charge is -2.28. The standard InChI is InChI=1S/C21H18F4N6O2/c22-14-3-7-16(8-4-14)31-19(21(23,24)25)18(28-29-31)20(33)27-11-13-1-5-15(6-2-13)30-10-9-26-17(32)12-30/h1-8H,9-12H2,(H,26,32)(H,27,33). The highest BCUT2D eigenvalue weighted by Gasteiger charge is 2.42. The van der Waals surface area contributed by atoms with Gasteiger partial charge in [0, 0.05) is 25.3 Å². The van der Waals surface area contributed by atoms with Crippen LogP contribution in [-0.2, 0) is 17.5 Å². The minimum atomic E-state index is -4.92. The molecule has 0 saturated carbocycles. The summed E-state index contributed by atoms with van der Waals surface area (Å²) in [7, 11) is 0. The Bertz CT molecular complexity index is 1160. The van der Waals surface area contributed by atoms with E-state index in [0.717, 1.165) is 30.0 Å². The van der Waals surface area contributed by atoms with Crippen LogP contribution in [0.5, 0.6) is 0 Å². The van der Waals surface area contributed by atoms with Gasteiger partial charge in [-0.3, -0.25) is 9.59 Å². The number of halogens is 4. The molecule has 4 rings (SSSR count). The van der Waals surface area contributed by atoms with Crippen molar-refractivity contribution in [3.05, 3.63) is 71.3 Å². The number of benzene rings is 2. The summed E-state index contributed by atoms with van der Waals surface area (Å²) in [6, 6.07) is 11.1. The van der Waals surface area contributed by atoms with E-state index in [1.54, 1.807) is 24.3 Å². The molecule has 172 valence electrons. The summed E-state index contributed by atoms with van der Waals surface area (Å²) >= 11 is 0. The number of anilines is 1. The van der Waals surface area contributed by atoms with E-state index in [1.807, 2.05) is 4.90 Å². The summed E-state index contributed by atoms with van der Waals surface area (Å²) in [5.41, 5.74) is -0.861. The van der Waals surface area contributed by atoms with Gasteiger partial charge in [0.2, 0.25) is 5.91 Å². The topological polar surface area (TPSA) is 92.2 Å². The van der Waals surface area contributed by atoms with Crippen molar-refractivity contribution < 1.29 is 27.2 Å². The maximum absolute atomic E-state index is 13.7. The van der Waals surface area contributed by atoms with Crippen LogP contribution in [0.25, 0.3) is 5.69 Å². The van der Waals surface area contributed by atoms with Gasteiger partial charge in [0.05, 0.1) is 12.2 Å². The Morgan fingerprint density at radius 2 is 1.73 bits per heavy atom. The van der Waals surface area contributed by atoms with E-state index in [-0.39, 0.29) is 24.7 Å². The predicted octanol–water partition coefficient (Wildman–Crippen LogP) is 2.29. The molecule has 0 bridgehead atoms. The molecule has 0 atom stereocenters. The number of hydrogen-bond donors (Lipinski definition) is 2. The van der Waals surface area contributed by atoms with Gasteiger partial charge in [-0.05, 0) is 42.0 Å². The lowest BCUT2D eigenvalue weighted by Crippen LogP contribution is -2.47. The Labute approximate surface area is 185 Å². The number of alkyl halides is 3. The van der Waals surface area contributed by atoms with E-state index >= 15 is 0 Å². The third-order valence-corrected chi connectivity index (χ3v) is 5.02. The van der Waals surface area contributed by atoms with E-state index in [1.165, 1.54) is 0 Å². The number of aromatic nitrogens is 3. The van der Waals surface area contributed by atoms with Crippen molar-refractivity contribution in [1.29, 1.82) is 0 Å². The van der Waals surface area contributed by atoms with Gasteiger partial charge in [-0.1, -0.05) is 17.3 Å². The highest BCUT2D eigenvalue weighted by atomic mass is 19.4. The molecule has 0 unspecified atom stereocenters. The third kappa shape index (κ3) is 4.94. The minimum absolute atomic E-state index is 0.0414.